The molecule has 6 heteroatoms. The summed E-state index contributed by atoms with van der Waals surface area (Å²) in [7, 11) is 0. The van der Waals surface area contributed by atoms with E-state index in [1.807, 2.05) is 36.4 Å². The molecule has 0 radical (unpaired) electrons. The van der Waals surface area contributed by atoms with Crippen molar-refractivity contribution in [2.45, 2.75) is 76.8 Å². The summed E-state index contributed by atoms with van der Waals surface area (Å²) in [6, 6.07) is 10.9. The van der Waals surface area contributed by atoms with Crippen molar-refractivity contribution >= 4 is 28.5 Å². The summed E-state index contributed by atoms with van der Waals surface area (Å²) in [5, 5.41) is 3.93. The third kappa shape index (κ3) is 6.90. The Hall–Kier alpha value is -2.18. The minimum Gasteiger partial charge on any atom is -0.375 e. The highest BCUT2D eigenvalue weighted by Crippen LogP contribution is 2.32. The van der Waals surface area contributed by atoms with E-state index in [0.717, 1.165) is 42.3 Å². The van der Waals surface area contributed by atoms with Crippen LogP contribution < -0.4 is 11.1 Å². The van der Waals surface area contributed by atoms with Gasteiger partial charge in [-0.1, -0.05) is 37.3 Å². The van der Waals surface area contributed by atoms with Gasteiger partial charge in [-0.25, -0.2) is 4.98 Å². The first kappa shape index (κ1) is 24.0. The summed E-state index contributed by atoms with van der Waals surface area (Å²) in [5.74, 6) is 0.798. The number of nitrogens with zero attached hydrogens (tertiary/aromatic N) is 2. The fourth-order valence-corrected chi connectivity index (χ4v) is 6.33. The molecule has 1 amide bonds. The Labute approximate surface area is 202 Å². The maximum atomic E-state index is 12.3. The highest BCUT2D eigenvalue weighted by atomic mass is 32.1. The van der Waals surface area contributed by atoms with Crippen LogP contribution in [0.15, 0.2) is 36.4 Å². The van der Waals surface area contributed by atoms with Gasteiger partial charge in [0.25, 0.3) is 0 Å². The minimum absolute atomic E-state index is 0.0248. The number of carbonyl (C=O) groups excluding carboxylic acids is 1. The van der Waals surface area contributed by atoms with E-state index in [1.54, 1.807) is 17.4 Å². The van der Waals surface area contributed by atoms with Gasteiger partial charge in [0, 0.05) is 23.0 Å². The molecule has 2 aliphatic rings. The first-order chi connectivity index (χ1) is 16.1. The number of anilines is 1. The Bertz CT molecular complexity index is 917. The number of carbonyl (C=O) groups is 1. The number of hydrogen-bond donors (Lipinski definition) is 2. The number of aromatic nitrogens is 1. The molecule has 1 heterocycles. The predicted octanol–water partition coefficient (Wildman–Crippen LogP) is 5.07. The second kappa shape index (κ2) is 11.8. The average Bonchev–Trinajstić information content (AvgIpc) is 3.21. The van der Waals surface area contributed by atoms with Gasteiger partial charge in [-0.05, 0) is 88.4 Å². The van der Waals surface area contributed by atoms with Crippen molar-refractivity contribution in [3.8, 4) is 0 Å². The molecule has 33 heavy (non-hydrogen) atoms. The van der Waals surface area contributed by atoms with E-state index in [0.29, 0.717) is 12.1 Å². The van der Waals surface area contributed by atoms with Crippen LogP contribution in [0.2, 0.25) is 0 Å². The number of nitrogens with one attached hydrogen (secondary N) is 1. The fourth-order valence-electron chi connectivity index (χ4n) is 5.38. The Kier molecular flexibility index (Phi) is 8.57. The fraction of sp³-hybridized carbons (Fsp3) is 0.556. The Morgan fingerprint density at radius 3 is 2.73 bits per heavy atom. The molecule has 1 saturated carbocycles. The van der Waals surface area contributed by atoms with Crippen molar-refractivity contribution < 1.29 is 4.79 Å². The van der Waals surface area contributed by atoms with Crippen LogP contribution >= 0.6 is 11.3 Å². The summed E-state index contributed by atoms with van der Waals surface area (Å²) < 4.78 is 0. The Balaban J connectivity index is 1.19. The van der Waals surface area contributed by atoms with Crippen molar-refractivity contribution in [3.05, 3.63) is 52.5 Å². The van der Waals surface area contributed by atoms with E-state index in [1.165, 1.54) is 55.8 Å². The number of aryl methyl sites for hydroxylation is 1. The first-order valence-electron chi connectivity index (χ1n) is 12.6. The lowest BCUT2D eigenvalue weighted by Crippen LogP contribution is -2.41. The highest BCUT2D eigenvalue weighted by molar-refractivity contribution is 7.15. The number of amides is 1. The number of rotatable bonds is 9. The molecule has 5 nitrogen and oxygen atoms in total. The number of nitrogens with two attached hydrogens (primary N) is 1. The SMILES string of the molecule is CCCN(CCC1CCC(NC(=O)/C=C/c2ccccc2)CC1)[C@H]1CCc2nc(N)sc2C1. The Morgan fingerprint density at radius 2 is 1.97 bits per heavy atom. The van der Waals surface area contributed by atoms with Crippen molar-refractivity contribution in [2.24, 2.45) is 5.92 Å². The molecule has 0 bridgehead atoms. The maximum Gasteiger partial charge on any atom is 0.244 e. The number of hydrogen-bond acceptors (Lipinski definition) is 5. The molecule has 0 spiro atoms. The number of nitrogen functional groups attached to an aromatic ring is 1. The third-order valence-corrected chi connectivity index (χ3v) is 8.15. The zero-order chi connectivity index (χ0) is 23.0. The van der Waals surface area contributed by atoms with Crippen LogP contribution in [0, 0.1) is 5.92 Å². The lowest BCUT2D eigenvalue weighted by Gasteiger charge is -2.36. The molecule has 1 fully saturated rings. The van der Waals surface area contributed by atoms with E-state index in [4.69, 9.17) is 5.73 Å². The molecule has 0 unspecified atom stereocenters. The molecular weight excluding hydrogens is 428 g/mol. The molecule has 1 aromatic heterocycles. The molecule has 2 aliphatic carbocycles. The summed E-state index contributed by atoms with van der Waals surface area (Å²) in [4.78, 5) is 20.9. The first-order valence-corrected chi connectivity index (χ1v) is 13.4. The average molecular weight is 467 g/mol. The normalized spacial score (nSPS) is 23.0. The van der Waals surface area contributed by atoms with Crippen molar-refractivity contribution in [2.75, 3.05) is 18.8 Å². The second-order valence-electron chi connectivity index (χ2n) is 9.61. The summed E-state index contributed by atoms with van der Waals surface area (Å²) in [5.41, 5.74) is 8.24. The molecule has 2 aromatic rings. The molecule has 1 atom stereocenters. The summed E-state index contributed by atoms with van der Waals surface area (Å²) >= 11 is 1.68. The number of benzene rings is 1. The topological polar surface area (TPSA) is 71.2 Å². The van der Waals surface area contributed by atoms with Crippen LogP contribution in [-0.4, -0.2) is 41.0 Å². The minimum atomic E-state index is 0.0248. The van der Waals surface area contributed by atoms with Crippen LogP contribution in [0.1, 0.15) is 68.0 Å². The zero-order valence-electron chi connectivity index (χ0n) is 19.8. The van der Waals surface area contributed by atoms with Gasteiger partial charge in [-0.3, -0.25) is 4.79 Å². The number of fused-ring (bicyclic) bond motifs is 1. The van der Waals surface area contributed by atoms with Gasteiger partial charge in [0.2, 0.25) is 5.91 Å². The number of thiazole rings is 1. The van der Waals surface area contributed by atoms with Gasteiger partial charge in [0.05, 0.1) is 5.69 Å². The maximum absolute atomic E-state index is 12.3. The van der Waals surface area contributed by atoms with Crippen molar-refractivity contribution in [3.63, 3.8) is 0 Å². The largest absolute Gasteiger partial charge is 0.375 e. The molecular formula is C27H38N4OS. The zero-order valence-corrected chi connectivity index (χ0v) is 20.7. The van der Waals surface area contributed by atoms with E-state index in [-0.39, 0.29) is 5.91 Å². The predicted molar refractivity (Wildman–Crippen MR) is 138 cm³/mol. The van der Waals surface area contributed by atoms with Gasteiger partial charge < -0.3 is 16.0 Å². The van der Waals surface area contributed by atoms with Crippen LogP contribution in [0.25, 0.3) is 6.08 Å². The van der Waals surface area contributed by atoms with Crippen LogP contribution in [0.4, 0.5) is 5.13 Å². The van der Waals surface area contributed by atoms with Crippen molar-refractivity contribution in [1.82, 2.24) is 15.2 Å². The van der Waals surface area contributed by atoms with E-state index >= 15 is 0 Å². The lowest BCUT2D eigenvalue weighted by molar-refractivity contribution is -0.117. The second-order valence-corrected chi connectivity index (χ2v) is 10.7. The van der Waals surface area contributed by atoms with Crippen LogP contribution in [0.3, 0.4) is 0 Å². The van der Waals surface area contributed by atoms with Gasteiger partial charge >= 0.3 is 0 Å². The molecule has 178 valence electrons. The standard InChI is InChI=1S/C27H38N4OS/c1-2-17-31(23-13-14-24-25(19-23)33-27(28)30-24)18-16-21-8-11-22(12-9-21)29-26(32)15-10-20-6-4-3-5-7-20/h3-7,10,15,21-23H,2,8-9,11-14,16-19H2,1H3,(H2,28,30)(H,29,32)/b15-10+/t21?,22?,23-/m0/s1. The smallest absolute Gasteiger partial charge is 0.244 e. The van der Waals surface area contributed by atoms with Gasteiger partial charge in [-0.2, -0.15) is 0 Å². The Morgan fingerprint density at radius 1 is 1.18 bits per heavy atom. The molecule has 1 aromatic carbocycles. The lowest BCUT2D eigenvalue weighted by atomic mass is 9.83. The molecule has 4 rings (SSSR count). The van der Waals surface area contributed by atoms with Crippen LogP contribution in [0.5, 0.6) is 0 Å². The van der Waals surface area contributed by atoms with E-state index in [9.17, 15) is 4.79 Å². The van der Waals surface area contributed by atoms with Gasteiger partial charge in [-0.15, -0.1) is 11.3 Å². The summed E-state index contributed by atoms with van der Waals surface area (Å²) in [6.07, 6.45) is 14.0. The third-order valence-electron chi connectivity index (χ3n) is 7.20. The summed E-state index contributed by atoms with van der Waals surface area (Å²) in [6.45, 7) is 4.64. The quantitative estimate of drug-likeness (QED) is 0.506. The van der Waals surface area contributed by atoms with Crippen LogP contribution in [-0.2, 0) is 17.6 Å². The molecule has 0 saturated heterocycles. The van der Waals surface area contributed by atoms with Gasteiger partial charge in [0.1, 0.15) is 0 Å². The van der Waals surface area contributed by atoms with Crippen molar-refractivity contribution in [1.29, 1.82) is 0 Å². The van der Waals surface area contributed by atoms with E-state index < -0.39 is 0 Å². The molecule has 3 N–H and O–H groups in total. The monoisotopic (exact) mass is 466 g/mol. The van der Waals surface area contributed by atoms with Gasteiger partial charge in [0.15, 0.2) is 5.13 Å². The highest BCUT2D eigenvalue weighted by Gasteiger charge is 2.28. The molecule has 0 aliphatic heterocycles. The van der Waals surface area contributed by atoms with E-state index in [2.05, 4.69) is 22.1 Å².